The Labute approximate surface area is 219 Å². The van der Waals surface area contributed by atoms with Crippen LogP contribution in [-0.4, -0.2) is 24.3 Å². The molecule has 5 nitrogen and oxygen atoms in total. The number of carbonyl (C=O) groups is 2. The van der Waals surface area contributed by atoms with E-state index in [0.717, 1.165) is 17.5 Å². The first-order valence-corrected chi connectivity index (χ1v) is 12.0. The molecular formula is C27H23Cl3N2O3. The Kier molecular flexibility index (Phi) is 7.13. The van der Waals surface area contributed by atoms with Crippen molar-refractivity contribution in [2.24, 2.45) is 0 Å². The number of hydrogen-bond acceptors (Lipinski definition) is 4. The van der Waals surface area contributed by atoms with E-state index in [0.29, 0.717) is 27.7 Å². The second-order valence-electron chi connectivity index (χ2n) is 8.91. The van der Waals surface area contributed by atoms with Gasteiger partial charge in [-0.05, 0) is 62.2 Å². The van der Waals surface area contributed by atoms with Crippen LogP contribution in [0.2, 0.25) is 15.1 Å². The second kappa shape index (κ2) is 9.94. The van der Waals surface area contributed by atoms with Gasteiger partial charge in [-0.2, -0.15) is 0 Å². The van der Waals surface area contributed by atoms with Crippen molar-refractivity contribution in [2.45, 2.75) is 25.8 Å². The van der Waals surface area contributed by atoms with E-state index in [4.69, 9.17) is 39.5 Å². The summed E-state index contributed by atoms with van der Waals surface area (Å²) < 4.78 is 5.38. The molecule has 35 heavy (non-hydrogen) atoms. The SMILES string of the molecule is COc1ccc2c(c1)C(=CC(=O)c1cccc(NC(=O)c3c(Cl)cc(Cl)cc3Cl)c1)NC(C)(C)C2. The highest BCUT2D eigenvalue weighted by Crippen LogP contribution is 2.33. The number of methoxy groups -OCH3 is 1. The van der Waals surface area contributed by atoms with Gasteiger partial charge < -0.3 is 15.4 Å². The summed E-state index contributed by atoms with van der Waals surface area (Å²) in [6.45, 7) is 4.17. The molecule has 1 aliphatic heterocycles. The van der Waals surface area contributed by atoms with Gasteiger partial charge in [-0.15, -0.1) is 0 Å². The number of fused-ring (bicyclic) bond motifs is 1. The third-order valence-electron chi connectivity index (χ3n) is 5.63. The molecule has 1 aliphatic rings. The predicted molar refractivity (Wildman–Crippen MR) is 142 cm³/mol. The summed E-state index contributed by atoms with van der Waals surface area (Å²) in [5, 5.41) is 6.81. The van der Waals surface area contributed by atoms with Gasteiger partial charge in [0.2, 0.25) is 0 Å². The lowest BCUT2D eigenvalue weighted by Gasteiger charge is -2.35. The van der Waals surface area contributed by atoms with Gasteiger partial charge in [-0.3, -0.25) is 9.59 Å². The van der Waals surface area contributed by atoms with Crippen molar-refractivity contribution in [1.29, 1.82) is 0 Å². The number of carbonyl (C=O) groups excluding carboxylic acids is 2. The molecule has 0 atom stereocenters. The molecule has 2 N–H and O–H groups in total. The molecule has 0 saturated carbocycles. The lowest BCUT2D eigenvalue weighted by molar-refractivity contribution is 0.102. The number of anilines is 1. The summed E-state index contributed by atoms with van der Waals surface area (Å²) in [6, 6.07) is 15.4. The molecule has 4 rings (SSSR count). The average molecular weight is 530 g/mol. The summed E-state index contributed by atoms with van der Waals surface area (Å²) in [5.74, 6) is 0.00167. The standard InChI is InChI=1S/C27H23Cl3N2O3/c1-27(2)14-16-7-8-19(35-3)12-20(16)23(32-27)13-24(33)15-5-4-6-18(9-15)31-26(34)25-21(29)10-17(28)11-22(25)30/h4-13,32H,14H2,1-3H3,(H,31,34). The fourth-order valence-corrected chi connectivity index (χ4v) is 5.06. The minimum Gasteiger partial charge on any atom is -0.497 e. The molecule has 0 saturated heterocycles. The van der Waals surface area contributed by atoms with Crippen LogP contribution in [0.3, 0.4) is 0 Å². The van der Waals surface area contributed by atoms with Crippen molar-refractivity contribution >= 4 is 57.9 Å². The van der Waals surface area contributed by atoms with Gasteiger partial charge in [0, 0.05) is 39.1 Å². The lowest BCUT2D eigenvalue weighted by Crippen LogP contribution is -2.43. The molecule has 3 aromatic rings. The van der Waals surface area contributed by atoms with E-state index in [1.54, 1.807) is 37.5 Å². The molecule has 1 heterocycles. The Bertz CT molecular complexity index is 1340. The van der Waals surface area contributed by atoms with E-state index in [1.165, 1.54) is 12.1 Å². The van der Waals surface area contributed by atoms with Gasteiger partial charge in [0.25, 0.3) is 5.91 Å². The molecule has 0 radical (unpaired) electrons. The molecular weight excluding hydrogens is 507 g/mol. The minimum atomic E-state index is -0.503. The Balaban J connectivity index is 1.62. The molecule has 180 valence electrons. The minimum absolute atomic E-state index is 0.107. The van der Waals surface area contributed by atoms with Crippen LogP contribution in [-0.2, 0) is 6.42 Å². The zero-order valence-corrected chi connectivity index (χ0v) is 21.6. The summed E-state index contributed by atoms with van der Waals surface area (Å²) in [7, 11) is 1.61. The van der Waals surface area contributed by atoms with Gasteiger partial charge in [-0.1, -0.05) is 53.0 Å². The first kappa shape index (κ1) is 25.1. The number of halogens is 3. The molecule has 8 heteroatoms. The highest BCUT2D eigenvalue weighted by molar-refractivity contribution is 6.42. The smallest absolute Gasteiger partial charge is 0.258 e. The van der Waals surface area contributed by atoms with E-state index in [2.05, 4.69) is 24.5 Å². The number of nitrogens with one attached hydrogen (secondary N) is 2. The fraction of sp³-hybridized carbons (Fsp3) is 0.185. The Morgan fingerprint density at radius 1 is 1.03 bits per heavy atom. The highest BCUT2D eigenvalue weighted by Gasteiger charge is 2.28. The van der Waals surface area contributed by atoms with Crippen molar-refractivity contribution in [3.05, 3.63) is 98.0 Å². The monoisotopic (exact) mass is 528 g/mol. The first-order valence-electron chi connectivity index (χ1n) is 10.8. The quantitative estimate of drug-likeness (QED) is 0.274. The van der Waals surface area contributed by atoms with Crippen LogP contribution >= 0.6 is 34.8 Å². The second-order valence-corrected chi connectivity index (χ2v) is 10.2. The van der Waals surface area contributed by atoms with Gasteiger partial charge in [-0.25, -0.2) is 0 Å². The Morgan fingerprint density at radius 2 is 1.74 bits per heavy atom. The van der Waals surface area contributed by atoms with Crippen LogP contribution in [0.1, 0.15) is 45.7 Å². The van der Waals surface area contributed by atoms with Crippen LogP contribution in [0.5, 0.6) is 5.75 Å². The number of ether oxygens (including phenoxy) is 1. The Hall–Kier alpha value is -2.99. The van der Waals surface area contributed by atoms with Crippen molar-refractivity contribution in [3.8, 4) is 5.75 Å². The van der Waals surface area contributed by atoms with Crippen LogP contribution in [0.4, 0.5) is 5.69 Å². The molecule has 0 unspecified atom stereocenters. The van der Waals surface area contributed by atoms with E-state index < -0.39 is 5.91 Å². The third-order valence-corrected chi connectivity index (χ3v) is 6.44. The maximum absolute atomic E-state index is 13.2. The van der Waals surface area contributed by atoms with Crippen LogP contribution in [0.25, 0.3) is 5.70 Å². The molecule has 0 spiro atoms. The Morgan fingerprint density at radius 3 is 2.43 bits per heavy atom. The number of allylic oxidation sites excluding steroid dienone is 1. The largest absolute Gasteiger partial charge is 0.497 e. The zero-order chi connectivity index (χ0) is 25.3. The van der Waals surface area contributed by atoms with Gasteiger partial charge in [0.1, 0.15) is 5.75 Å². The normalized spacial score (nSPS) is 15.2. The van der Waals surface area contributed by atoms with Crippen LogP contribution in [0, 0.1) is 0 Å². The number of hydrogen-bond donors (Lipinski definition) is 2. The lowest BCUT2D eigenvalue weighted by atomic mass is 9.85. The number of amides is 1. The molecule has 0 aromatic heterocycles. The molecule has 3 aromatic carbocycles. The summed E-state index contributed by atoms with van der Waals surface area (Å²) >= 11 is 18.3. The molecule has 0 bridgehead atoms. The molecule has 0 aliphatic carbocycles. The van der Waals surface area contributed by atoms with Crippen molar-refractivity contribution in [3.63, 3.8) is 0 Å². The maximum atomic E-state index is 13.2. The molecule has 1 amide bonds. The summed E-state index contributed by atoms with van der Waals surface area (Å²) in [6.07, 6.45) is 2.39. The van der Waals surface area contributed by atoms with E-state index in [1.807, 2.05) is 18.2 Å². The van der Waals surface area contributed by atoms with Gasteiger partial charge in [0.05, 0.1) is 22.7 Å². The average Bonchev–Trinajstić information content (AvgIpc) is 2.77. The van der Waals surface area contributed by atoms with E-state index in [9.17, 15) is 9.59 Å². The maximum Gasteiger partial charge on any atom is 0.258 e. The summed E-state index contributed by atoms with van der Waals surface area (Å²) in [5.41, 5.74) is 3.50. The number of benzene rings is 3. The van der Waals surface area contributed by atoms with Crippen LogP contribution < -0.4 is 15.4 Å². The van der Waals surface area contributed by atoms with Gasteiger partial charge in [0.15, 0.2) is 5.78 Å². The topological polar surface area (TPSA) is 67.4 Å². The van der Waals surface area contributed by atoms with Crippen molar-refractivity contribution in [1.82, 2.24) is 5.32 Å². The van der Waals surface area contributed by atoms with Crippen LogP contribution in [0.15, 0.2) is 60.7 Å². The highest BCUT2D eigenvalue weighted by atomic mass is 35.5. The number of ketones is 1. The third kappa shape index (κ3) is 5.64. The van der Waals surface area contributed by atoms with Crippen molar-refractivity contribution < 1.29 is 14.3 Å². The number of rotatable bonds is 5. The van der Waals surface area contributed by atoms with E-state index in [-0.39, 0.29) is 26.9 Å². The van der Waals surface area contributed by atoms with Crippen molar-refractivity contribution in [2.75, 3.05) is 12.4 Å². The summed E-state index contributed by atoms with van der Waals surface area (Å²) in [4.78, 5) is 26.0. The fourth-order valence-electron chi connectivity index (χ4n) is 4.07. The van der Waals surface area contributed by atoms with E-state index >= 15 is 0 Å². The zero-order valence-electron chi connectivity index (χ0n) is 19.3. The predicted octanol–water partition coefficient (Wildman–Crippen LogP) is 7.06. The molecule has 0 fully saturated rings. The first-order chi connectivity index (χ1) is 16.6. The van der Waals surface area contributed by atoms with Gasteiger partial charge >= 0.3 is 0 Å².